The van der Waals surface area contributed by atoms with E-state index in [1.54, 1.807) is 17.3 Å². The van der Waals surface area contributed by atoms with Crippen LogP contribution in [0.5, 0.6) is 0 Å². The normalized spacial score (nSPS) is 11.9. The summed E-state index contributed by atoms with van der Waals surface area (Å²) in [6, 6.07) is 15.5. The zero-order valence-corrected chi connectivity index (χ0v) is 13.3. The average molecular weight is 305 g/mol. The Labute approximate surface area is 136 Å². The summed E-state index contributed by atoms with van der Waals surface area (Å²) in [5, 5.41) is 0. The average Bonchev–Trinajstić information content (AvgIpc) is 3.15. The van der Waals surface area contributed by atoms with Crippen LogP contribution >= 0.6 is 0 Å². The molecule has 0 fully saturated rings. The summed E-state index contributed by atoms with van der Waals surface area (Å²) in [5.74, 6) is 0.00775. The van der Waals surface area contributed by atoms with Crippen LogP contribution in [0.2, 0.25) is 0 Å². The van der Waals surface area contributed by atoms with E-state index in [0.717, 1.165) is 11.3 Å². The first kappa shape index (κ1) is 15.0. The van der Waals surface area contributed by atoms with Gasteiger partial charge in [0.05, 0.1) is 6.04 Å². The van der Waals surface area contributed by atoms with Crippen LogP contribution in [0.1, 0.15) is 28.9 Å². The standard InChI is InChI=1S/C19H19N3O/c1-15(16-9-11-20-12-10-16)21(2)19(23)17-5-7-18(8-6-17)22-13-3-4-14-22/h3-15H,1-2H3. The molecule has 3 rings (SSSR count). The van der Waals surface area contributed by atoms with Crippen molar-refractivity contribution < 1.29 is 4.79 Å². The summed E-state index contributed by atoms with van der Waals surface area (Å²) < 4.78 is 2.01. The maximum absolute atomic E-state index is 12.7. The van der Waals surface area contributed by atoms with E-state index in [1.807, 2.05) is 79.5 Å². The fourth-order valence-corrected chi connectivity index (χ4v) is 2.53. The Bertz CT molecular complexity index is 764. The SMILES string of the molecule is CC(c1ccncc1)N(C)C(=O)c1ccc(-n2cccc2)cc1. The molecule has 2 aromatic heterocycles. The minimum absolute atomic E-state index is 0.00498. The van der Waals surface area contributed by atoms with E-state index >= 15 is 0 Å². The molecule has 1 amide bonds. The van der Waals surface area contributed by atoms with Crippen molar-refractivity contribution >= 4 is 5.91 Å². The minimum atomic E-state index is -0.00498. The Morgan fingerprint density at radius 2 is 1.65 bits per heavy atom. The van der Waals surface area contributed by atoms with Crippen LogP contribution in [0.25, 0.3) is 5.69 Å². The Morgan fingerprint density at radius 3 is 2.26 bits per heavy atom. The Balaban J connectivity index is 1.77. The van der Waals surface area contributed by atoms with Crippen molar-refractivity contribution in [3.63, 3.8) is 0 Å². The number of pyridine rings is 1. The van der Waals surface area contributed by atoms with Gasteiger partial charge in [-0.2, -0.15) is 0 Å². The number of rotatable bonds is 4. The van der Waals surface area contributed by atoms with E-state index in [0.29, 0.717) is 5.56 Å². The minimum Gasteiger partial charge on any atom is -0.335 e. The molecule has 3 aromatic rings. The molecule has 0 aliphatic rings. The zero-order valence-electron chi connectivity index (χ0n) is 13.3. The highest BCUT2D eigenvalue weighted by Crippen LogP contribution is 2.20. The fraction of sp³-hybridized carbons (Fsp3) is 0.158. The summed E-state index contributed by atoms with van der Waals surface area (Å²) in [5.41, 5.74) is 2.79. The number of benzene rings is 1. The molecule has 1 aromatic carbocycles. The topological polar surface area (TPSA) is 38.1 Å². The van der Waals surface area contributed by atoms with Crippen molar-refractivity contribution in [3.05, 3.63) is 84.4 Å². The first-order valence-electron chi connectivity index (χ1n) is 7.57. The first-order chi connectivity index (χ1) is 11.2. The van der Waals surface area contributed by atoms with Crippen LogP contribution in [0.4, 0.5) is 0 Å². The van der Waals surface area contributed by atoms with E-state index in [2.05, 4.69) is 4.98 Å². The third kappa shape index (κ3) is 3.16. The van der Waals surface area contributed by atoms with Crippen molar-refractivity contribution in [2.24, 2.45) is 0 Å². The van der Waals surface area contributed by atoms with Gasteiger partial charge in [0.15, 0.2) is 0 Å². The third-order valence-electron chi connectivity index (χ3n) is 4.11. The molecule has 0 N–H and O–H groups in total. The lowest BCUT2D eigenvalue weighted by Crippen LogP contribution is -2.29. The van der Waals surface area contributed by atoms with Crippen molar-refractivity contribution in [1.29, 1.82) is 0 Å². The number of amides is 1. The van der Waals surface area contributed by atoms with Gasteiger partial charge < -0.3 is 9.47 Å². The highest BCUT2D eigenvalue weighted by atomic mass is 16.2. The number of hydrogen-bond donors (Lipinski definition) is 0. The second kappa shape index (κ2) is 6.48. The van der Waals surface area contributed by atoms with Crippen molar-refractivity contribution in [2.45, 2.75) is 13.0 Å². The van der Waals surface area contributed by atoms with Crippen molar-refractivity contribution in [2.75, 3.05) is 7.05 Å². The van der Waals surface area contributed by atoms with Crippen LogP contribution in [0, 0.1) is 0 Å². The number of nitrogens with zero attached hydrogens (tertiary/aromatic N) is 3. The maximum atomic E-state index is 12.7. The van der Waals surface area contributed by atoms with Gasteiger partial charge in [0.2, 0.25) is 0 Å². The van der Waals surface area contributed by atoms with Crippen molar-refractivity contribution in [3.8, 4) is 5.69 Å². The van der Waals surface area contributed by atoms with E-state index < -0.39 is 0 Å². The Hall–Kier alpha value is -2.88. The monoisotopic (exact) mass is 305 g/mol. The molecule has 0 saturated carbocycles. The molecule has 4 nitrogen and oxygen atoms in total. The number of aromatic nitrogens is 2. The fourth-order valence-electron chi connectivity index (χ4n) is 2.53. The molecule has 116 valence electrons. The highest BCUT2D eigenvalue weighted by Gasteiger charge is 2.18. The third-order valence-corrected chi connectivity index (χ3v) is 4.11. The largest absolute Gasteiger partial charge is 0.335 e. The second-order valence-electron chi connectivity index (χ2n) is 5.51. The van der Waals surface area contributed by atoms with E-state index in [1.165, 1.54) is 0 Å². The number of hydrogen-bond acceptors (Lipinski definition) is 2. The molecule has 23 heavy (non-hydrogen) atoms. The molecule has 2 heterocycles. The first-order valence-corrected chi connectivity index (χ1v) is 7.57. The van der Waals surface area contributed by atoms with Gasteiger partial charge >= 0.3 is 0 Å². The van der Waals surface area contributed by atoms with E-state index in [9.17, 15) is 4.79 Å². The van der Waals surface area contributed by atoms with Gasteiger partial charge in [-0.3, -0.25) is 9.78 Å². The number of carbonyl (C=O) groups excluding carboxylic acids is 1. The molecule has 4 heteroatoms. The number of carbonyl (C=O) groups is 1. The molecule has 0 bridgehead atoms. The highest BCUT2D eigenvalue weighted by molar-refractivity contribution is 5.94. The lowest BCUT2D eigenvalue weighted by atomic mass is 10.1. The lowest BCUT2D eigenvalue weighted by Gasteiger charge is -2.25. The van der Waals surface area contributed by atoms with Gasteiger partial charge in [-0.15, -0.1) is 0 Å². The van der Waals surface area contributed by atoms with Gasteiger partial charge in [-0.25, -0.2) is 0 Å². The molecule has 1 atom stereocenters. The van der Waals surface area contributed by atoms with Gasteiger partial charge in [-0.05, 0) is 61.0 Å². The van der Waals surface area contributed by atoms with Crippen LogP contribution in [0.15, 0.2) is 73.3 Å². The molecule has 0 spiro atoms. The van der Waals surface area contributed by atoms with Crippen LogP contribution in [0.3, 0.4) is 0 Å². The molecule has 0 saturated heterocycles. The summed E-state index contributed by atoms with van der Waals surface area (Å²) >= 11 is 0. The Kier molecular flexibility index (Phi) is 4.24. The second-order valence-corrected chi connectivity index (χ2v) is 5.51. The van der Waals surface area contributed by atoms with Crippen LogP contribution < -0.4 is 0 Å². The quantitative estimate of drug-likeness (QED) is 0.737. The van der Waals surface area contributed by atoms with Gasteiger partial charge in [0.1, 0.15) is 0 Å². The summed E-state index contributed by atoms with van der Waals surface area (Å²) in [6.45, 7) is 2.02. The van der Waals surface area contributed by atoms with Crippen LogP contribution in [-0.4, -0.2) is 27.4 Å². The zero-order chi connectivity index (χ0) is 16.2. The van der Waals surface area contributed by atoms with Crippen LogP contribution in [-0.2, 0) is 0 Å². The molecule has 0 aliphatic carbocycles. The van der Waals surface area contributed by atoms with Gasteiger partial charge in [0.25, 0.3) is 5.91 Å². The van der Waals surface area contributed by atoms with Crippen molar-refractivity contribution in [1.82, 2.24) is 14.5 Å². The molecule has 0 radical (unpaired) electrons. The van der Waals surface area contributed by atoms with E-state index in [-0.39, 0.29) is 11.9 Å². The molecular formula is C19H19N3O. The maximum Gasteiger partial charge on any atom is 0.254 e. The Morgan fingerprint density at radius 1 is 1.04 bits per heavy atom. The van der Waals surface area contributed by atoms with Gasteiger partial charge in [-0.1, -0.05) is 0 Å². The summed E-state index contributed by atoms with van der Waals surface area (Å²) in [7, 11) is 1.83. The lowest BCUT2D eigenvalue weighted by molar-refractivity contribution is 0.0742. The summed E-state index contributed by atoms with van der Waals surface area (Å²) in [6.07, 6.45) is 7.45. The molecule has 0 aliphatic heterocycles. The predicted octanol–water partition coefficient (Wildman–Crippen LogP) is 3.71. The summed E-state index contributed by atoms with van der Waals surface area (Å²) in [4.78, 5) is 18.4. The predicted molar refractivity (Wildman–Crippen MR) is 90.5 cm³/mol. The molecule has 1 unspecified atom stereocenters. The smallest absolute Gasteiger partial charge is 0.254 e. The molecular weight excluding hydrogens is 286 g/mol. The van der Waals surface area contributed by atoms with Gasteiger partial charge in [0, 0.05) is 43.1 Å². The van der Waals surface area contributed by atoms with E-state index in [4.69, 9.17) is 0 Å².